The van der Waals surface area contributed by atoms with Crippen LogP contribution in [-0.2, 0) is 13.6 Å². The summed E-state index contributed by atoms with van der Waals surface area (Å²) in [7, 11) is 3.61. The van der Waals surface area contributed by atoms with Gasteiger partial charge in [0.2, 0.25) is 0 Å². The average Bonchev–Trinajstić information content (AvgIpc) is 3.45. The number of phenolic OH excluding ortho intramolecular Hbond substituents is 1. The number of fused-ring (bicyclic) bond motifs is 4. The smallest absolute Gasteiger partial charge is 0.254 e. The molecule has 0 radical (unpaired) electrons. The third-order valence-electron chi connectivity index (χ3n) is 10.1. The molecule has 2 saturated carbocycles. The molecule has 3 aliphatic rings. The summed E-state index contributed by atoms with van der Waals surface area (Å²) in [6.07, 6.45) is 4.39. The van der Waals surface area contributed by atoms with Crippen LogP contribution in [0, 0.1) is 18.8 Å². The Morgan fingerprint density at radius 1 is 1.11 bits per heavy atom. The highest BCUT2D eigenvalue weighted by molar-refractivity contribution is 6.38. The number of phenols is 1. The van der Waals surface area contributed by atoms with Crippen molar-refractivity contribution in [2.75, 3.05) is 13.7 Å². The van der Waals surface area contributed by atoms with E-state index in [1.54, 1.807) is 13.2 Å². The van der Waals surface area contributed by atoms with Gasteiger partial charge in [-0.05, 0) is 86.4 Å². The van der Waals surface area contributed by atoms with Crippen molar-refractivity contribution in [3.63, 3.8) is 0 Å². The zero-order valence-corrected chi connectivity index (χ0v) is 26.9. The molecule has 3 atom stereocenters. The summed E-state index contributed by atoms with van der Waals surface area (Å²) in [6.45, 7) is 3.37. The van der Waals surface area contributed by atoms with Crippen molar-refractivity contribution in [3.05, 3.63) is 57.6 Å². The molecule has 2 aliphatic carbocycles. The highest BCUT2D eigenvalue weighted by Crippen LogP contribution is 2.42. The first-order valence-corrected chi connectivity index (χ1v) is 16.2. The number of aromatic hydroxyl groups is 1. The number of rotatable bonds is 6. The van der Waals surface area contributed by atoms with E-state index in [0.29, 0.717) is 40.8 Å². The van der Waals surface area contributed by atoms with Gasteiger partial charge in [-0.2, -0.15) is 0 Å². The highest BCUT2D eigenvalue weighted by atomic mass is 35.5. The van der Waals surface area contributed by atoms with Crippen LogP contribution in [0.1, 0.15) is 41.6 Å². The Morgan fingerprint density at radius 2 is 1.91 bits per heavy atom. The highest BCUT2D eigenvalue weighted by Gasteiger charge is 2.47. The molecule has 3 N–H and O–H groups in total. The summed E-state index contributed by atoms with van der Waals surface area (Å²) in [5.74, 6) is 2.17. The van der Waals surface area contributed by atoms with Crippen molar-refractivity contribution >= 4 is 51.2 Å². The number of imidazole rings is 1. The van der Waals surface area contributed by atoms with E-state index in [1.165, 1.54) is 12.8 Å². The van der Waals surface area contributed by atoms with Crippen LogP contribution in [0.15, 0.2) is 36.4 Å². The number of methoxy groups -OCH3 is 1. The summed E-state index contributed by atoms with van der Waals surface area (Å²) >= 11 is 12.7. The van der Waals surface area contributed by atoms with Gasteiger partial charge in [-0.3, -0.25) is 4.79 Å². The SMILES string of the molecule is COc1cc(C(=O)N2CC3CCC2[C@@H]3N)cc2nc(-c3cc4ccc(-c5cc(Cl)c(O)c(Cl)c5C)nc4n3CC3CC3)n(C)c12. The minimum Gasteiger partial charge on any atom is -0.505 e. The summed E-state index contributed by atoms with van der Waals surface area (Å²) in [5.41, 5.74) is 12.5. The van der Waals surface area contributed by atoms with E-state index in [2.05, 4.69) is 10.6 Å². The number of benzene rings is 2. The number of nitrogens with zero attached hydrogens (tertiary/aromatic N) is 5. The van der Waals surface area contributed by atoms with Crippen LogP contribution in [0.25, 0.3) is 44.8 Å². The largest absolute Gasteiger partial charge is 0.505 e. The third-order valence-corrected chi connectivity index (χ3v) is 10.9. The first-order valence-electron chi connectivity index (χ1n) is 15.4. The standard InChI is InChI=1S/C34H34Cl2N6O3/c1-16-21(13-22(35)31(43)28(16)36)23-8-6-18-11-26(41(32(18)38-23)14-17-4-5-17)33-39-24-10-20(12-27(45-3)30(24)40(33)2)34(44)42-15-19-7-9-25(42)29(19)37/h6,8,10-13,17,19,25,29,43H,4-5,7,9,14-15,37H2,1-3H3/t19?,25?,29-/m1/s1. The van der Waals surface area contributed by atoms with Crippen LogP contribution < -0.4 is 10.5 Å². The average molecular weight is 646 g/mol. The molecular weight excluding hydrogens is 611 g/mol. The molecule has 5 aromatic rings. The van der Waals surface area contributed by atoms with Crippen LogP contribution >= 0.6 is 23.2 Å². The first kappa shape index (κ1) is 28.7. The number of amides is 1. The normalized spacial score (nSPS) is 21.0. The topological polar surface area (TPSA) is 111 Å². The van der Waals surface area contributed by atoms with E-state index >= 15 is 0 Å². The summed E-state index contributed by atoms with van der Waals surface area (Å²) < 4.78 is 10.1. The maximum atomic E-state index is 13.7. The second-order valence-corrected chi connectivity index (χ2v) is 13.7. The van der Waals surface area contributed by atoms with Gasteiger partial charge in [-0.15, -0.1) is 0 Å². The number of nitrogens with two attached hydrogens (primary N) is 1. The van der Waals surface area contributed by atoms with E-state index in [-0.39, 0.29) is 33.8 Å². The number of likely N-dealkylation sites (tertiary alicyclic amines) is 1. The Kier molecular flexibility index (Phi) is 6.61. The molecule has 0 spiro atoms. The molecule has 11 heteroatoms. The Labute approximate surface area is 270 Å². The summed E-state index contributed by atoms with van der Waals surface area (Å²) in [5, 5.41) is 11.6. The third kappa shape index (κ3) is 4.42. The first-order chi connectivity index (χ1) is 21.6. The van der Waals surface area contributed by atoms with Gasteiger partial charge >= 0.3 is 0 Å². The van der Waals surface area contributed by atoms with Gasteiger partial charge < -0.3 is 29.6 Å². The predicted octanol–water partition coefficient (Wildman–Crippen LogP) is 6.56. The molecule has 2 unspecified atom stereocenters. The number of piperidine rings is 1. The van der Waals surface area contributed by atoms with Crippen LogP contribution in [0.2, 0.25) is 10.0 Å². The number of pyridine rings is 1. The van der Waals surface area contributed by atoms with Crippen molar-refractivity contribution in [1.29, 1.82) is 0 Å². The van der Waals surface area contributed by atoms with Gasteiger partial charge in [0, 0.05) is 48.7 Å². The molecule has 1 aliphatic heterocycles. The Morgan fingerprint density at radius 3 is 2.60 bits per heavy atom. The van der Waals surface area contributed by atoms with E-state index in [4.69, 9.17) is 43.6 Å². The fourth-order valence-electron chi connectivity index (χ4n) is 7.44. The van der Waals surface area contributed by atoms with Crippen molar-refractivity contribution in [3.8, 4) is 34.3 Å². The van der Waals surface area contributed by atoms with E-state index in [0.717, 1.165) is 58.7 Å². The molecular formula is C34H34Cl2N6O3. The number of aryl methyl sites for hydroxylation is 1. The van der Waals surface area contributed by atoms with Crippen LogP contribution in [0.5, 0.6) is 11.5 Å². The summed E-state index contributed by atoms with van der Waals surface area (Å²) in [6, 6.07) is 11.7. The fraction of sp³-hybridized carbons (Fsp3) is 0.382. The number of aromatic nitrogens is 4. The zero-order valence-electron chi connectivity index (χ0n) is 25.3. The lowest BCUT2D eigenvalue weighted by Gasteiger charge is -2.27. The molecule has 1 saturated heterocycles. The number of hydrogen-bond acceptors (Lipinski definition) is 6. The van der Waals surface area contributed by atoms with Gasteiger partial charge in [-0.25, -0.2) is 9.97 Å². The predicted molar refractivity (Wildman–Crippen MR) is 176 cm³/mol. The lowest BCUT2D eigenvalue weighted by Crippen LogP contribution is -2.41. The Balaban J connectivity index is 1.25. The number of carbonyl (C=O) groups is 1. The molecule has 1 amide bonds. The summed E-state index contributed by atoms with van der Waals surface area (Å²) in [4.78, 5) is 25.9. The van der Waals surface area contributed by atoms with E-state index in [1.807, 2.05) is 47.7 Å². The monoisotopic (exact) mass is 644 g/mol. The second kappa shape index (κ2) is 10.4. The molecule has 232 valence electrons. The second-order valence-electron chi connectivity index (χ2n) is 12.9. The van der Waals surface area contributed by atoms with Crippen molar-refractivity contribution < 1.29 is 14.6 Å². The zero-order chi connectivity index (χ0) is 31.3. The molecule has 2 bridgehead atoms. The molecule has 9 nitrogen and oxygen atoms in total. The van der Waals surface area contributed by atoms with Crippen molar-refractivity contribution in [2.24, 2.45) is 24.6 Å². The molecule has 8 rings (SSSR count). The fourth-order valence-corrected chi connectivity index (χ4v) is 7.90. The van der Waals surface area contributed by atoms with Gasteiger partial charge in [0.1, 0.15) is 16.9 Å². The van der Waals surface area contributed by atoms with Gasteiger partial charge in [0.05, 0.1) is 34.1 Å². The maximum absolute atomic E-state index is 13.7. The molecule has 3 aromatic heterocycles. The van der Waals surface area contributed by atoms with E-state index in [9.17, 15) is 9.90 Å². The van der Waals surface area contributed by atoms with Crippen LogP contribution in [0.3, 0.4) is 0 Å². The number of hydrogen-bond donors (Lipinski definition) is 2. The lowest BCUT2D eigenvalue weighted by atomic mass is 10.0. The van der Waals surface area contributed by atoms with Gasteiger partial charge in [0.15, 0.2) is 11.6 Å². The van der Waals surface area contributed by atoms with Crippen LogP contribution in [-0.4, -0.2) is 60.8 Å². The minimum atomic E-state index is -0.126. The Bertz CT molecular complexity index is 2050. The van der Waals surface area contributed by atoms with Gasteiger partial charge in [0.25, 0.3) is 5.91 Å². The quantitative estimate of drug-likeness (QED) is 0.217. The van der Waals surface area contributed by atoms with E-state index < -0.39 is 0 Å². The van der Waals surface area contributed by atoms with Crippen LogP contribution in [0.4, 0.5) is 0 Å². The maximum Gasteiger partial charge on any atom is 0.254 e. The Hall–Kier alpha value is -3.79. The van der Waals surface area contributed by atoms with Crippen molar-refractivity contribution in [1.82, 2.24) is 24.0 Å². The molecule has 45 heavy (non-hydrogen) atoms. The van der Waals surface area contributed by atoms with Crippen molar-refractivity contribution in [2.45, 2.75) is 51.2 Å². The minimum absolute atomic E-state index is 0.0191. The molecule has 3 fully saturated rings. The van der Waals surface area contributed by atoms with Gasteiger partial charge in [-0.1, -0.05) is 23.2 Å². The molecule has 2 aromatic carbocycles. The number of ether oxygens (including phenoxy) is 1. The number of halogens is 2. The number of carbonyl (C=O) groups excluding carboxylic acids is 1. The lowest BCUT2D eigenvalue weighted by molar-refractivity contribution is 0.0700. The molecule has 4 heterocycles.